The molecular weight excluding hydrogens is 206 g/mol. The lowest BCUT2D eigenvalue weighted by Crippen LogP contribution is -2.49. The number of nitrogens with zero attached hydrogens (tertiary/aromatic N) is 1. The van der Waals surface area contributed by atoms with Crippen LogP contribution in [0, 0.1) is 17.8 Å². The Morgan fingerprint density at radius 3 is 2.71 bits per heavy atom. The number of hydrogen-bond donors (Lipinski definition) is 0. The minimum Gasteiger partial charge on any atom is -0.300 e. The van der Waals surface area contributed by atoms with Crippen LogP contribution in [0.15, 0.2) is 0 Å². The smallest absolute Gasteiger partial charge is 0.0127 e. The highest BCUT2D eigenvalue weighted by atomic mass is 15.2. The van der Waals surface area contributed by atoms with E-state index in [1.165, 1.54) is 58.0 Å². The molecule has 2 rings (SSSR count). The molecule has 0 N–H and O–H groups in total. The third-order valence-electron chi connectivity index (χ3n) is 5.46. The van der Waals surface area contributed by atoms with Crippen LogP contribution >= 0.6 is 0 Å². The monoisotopic (exact) mass is 237 g/mol. The first-order valence-electron chi connectivity index (χ1n) is 8.02. The Morgan fingerprint density at radius 1 is 1.18 bits per heavy atom. The maximum absolute atomic E-state index is 2.82. The van der Waals surface area contributed by atoms with Crippen molar-refractivity contribution in [3.8, 4) is 0 Å². The van der Waals surface area contributed by atoms with Crippen LogP contribution in [0.4, 0.5) is 0 Å². The summed E-state index contributed by atoms with van der Waals surface area (Å²) in [6.07, 6.45) is 10.1. The Hall–Kier alpha value is -0.0400. The van der Waals surface area contributed by atoms with Gasteiger partial charge >= 0.3 is 0 Å². The van der Waals surface area contributed by atoms with E-state index in [9.17, 15) is 0 Å². The summed E-state index contributed by atoms with van der Waals surface area (Å²) in [7, 11) is 0. The number of unbranched alkanes of at least 4 members (excludes halogenated alkanes) is 2. The van der Waals surface area contributed by atoms with Crippen LogP contribution in [0.25, 0.3) is 0 Å². The predicted molar refractivity (Wildman–Crippen MR) is 75.2 cm³/mol. The van der Waals surface area contributed by atoms with Crippen molar-refractivity contribution in [1.29, 1.82) is 0 Å². The van der Waals surface area contributed by atoms with Crippen molar-refractivity contribution in [3.63, 3.8) is 0 Å². The molecule has 0 spiro atoms. The maximum atomic E-state index is 2.82. The lowest BCUT2D eigenvalue weighted by molar-refractivity contribution is 0.0299. The van der Waals surface area contributed by atoms with E-state index < -0.39 is 0 Å². The molecule has 0 amide bonds. The zero-order valence-corrected chi connectivity index (χ0v) is 12.1. The lowest BCUT2D eigenvalue weighted by atomic mass is 9.71. The Bertz CT molecular complexity index is 226. The number of piperidine rings is 1. The quantitative estimate of drug-likeness (QED) is 0.644. The molecule has 0 aliphatic carbocycles. The molecule has 1 heteroatoms. The van der Waals surface area contributed by atoms with Crippen LogP contribution in [-0.4, -0.2) is 24.0 Å². The SMILES string of the molecule is CCCCCC1C(C)C(CC)CN2CCCC12. The molecule has 0 aromatic heterocycles. The van der Waals surface area contributed by atoms with Crippen LogP contribution in [-0.2, 0) is 0 Å². The zero-order chi connectivity index (χ0) is 12.3. The molecule has 2 heterocycles. The molecule has 1 nitrogen and oxygen atoms in total. The highest BCUT2D eigenvalue weighted by molar-refractivity contribution is 4.94. The summed E-state index contributed by atoms with van der Waals surface area (Å²) in [6, 6.07) is 0.949. The minimum atomic E-state index is 0.949. The second-order valence-corrected chi connectivity index (χ2v) is 6.39. The van der Waals surface area contributed by atoms with Crippen molar-refractivity contribution in [2.24, 2.45) is 17.8 Å². The summed E-state index contributed by atoms with van der Waals surface area (Å²) >= 11 is 0. The maximum Gasteiger partial charge on any atom is 0.0127 e. The molecule has 17 heavy (non-hydrogen) atoms. The number of rotatable bonds is 5. The first kappa shape index (κ1) is 13.4. The van der Waals surface area contributed by atoms with Gasteiger partial charge in [0.25, 0.3) is 0 Å². The molecular formula is C16H31N. The number of fused-ring (bicyclic) bond motifs is 1. The summed E-state index contributed by atoms with van der Waals surface area (Å²) in [5, 5.41) is 0. The van der Waals surface area contributed by atoms with Gasteiger partial charge in [-0.25, -0.2) is 0 Å². The fourth-order valence-corrected chi connectivity index (χ4v) is 4.32. The third kappa shape index (κ3) is 2.86. The number of hydrogen-bond acceptors (Lipinski definition) is 1. The van der Waals surface area contributed by atoms with Crippen LogP contribution in [0.1, 0.15) is 65.7 Å². The van der Waals surface area contributed by atoms with Gasteiger partial charge in [-0.3, -0.25) is 4.90 Å². The van der Waals surface area contributed by atoms with E-state index in [1.54, 1.807) is 0 Å². The van der Waals surface area contributed by atoms with Crippen molar-refractivity contribution >= 4 is 0 Å². The second-order valence-electron chi connectivity index (χ2n) is 6.39. The molecule has 2 aliphatic heterocycles. The van der Waals surface area contributed by atoms with Gasteiger partial charge < -0.3 is 0 Å². The van der Waals surface area contributed by atoms with Crippen LogP contribution < -0.4 is 0 Å². The van der Waals surface area contributed by atoms with Gasteiger partial charge in [0, 0.05) is 12.6 Å². The molecule has 0 aromatic rings. The fraction of sp³-hybridized carbons (Fsp3) is 1.00. The van der Waals surface area contributed by atoms with Crippen molar-refractivity contribution in [2.75, 3.05) is 13.1 Å². The molecule has 2 aliphatic rings. The zero-order valence-electron chi connectivity index (χ0n) is 12.1. The Labute approximate surface area is 108 Å². The summed E-state index contributed by atoms with van der Waals surface area (Å²) in [4.78, 5) is 2.82. The topological polar surface area (TPSA) is 3.24 Å². The van der Waals surface area contributed by atoms with Gasteiger partial charge in [0.15, 0.2) is 0 Å². The fourth-order valence-electron chi connectivity index (χ4n) is 4.32. The molecule has 0 bridgehead atoms. The van der Waals surface area contributed by atoms with E-state index in [2.05, 4.69) is 25.7 Å². The summed E-state index contributed by atoms with van der Waals surface area (Å²) < 4.78 is 0. The van der Waals surface area contributed by atoms with Gasteiger partial charge in [-0.1, -0.05) is 46.5 Å². The molecule has 2 fully saturated rings. The molecule has 100 valence electrons. The lowest BCUT2D eigenvalue weighted by Gasteiger charge is -2.46. The Morgan fingerprint density at radius 2 is 2.00 bits per heavy atom. The summed E-state index contributed by atoms with van der Waals surface area (Å²) in [6.45, 7) is 10.0. The van der Waals surface area contributed by atoms with Gasteiger partial charge in [0.1, 0.15) is 0 Å². The highest BCUT2D eigenvalue weighted by Crippen LogP contribution is 2.41. The van der Waals surface area contributed by atoms with E-state index in [0.29, 0.717) is 0 Å². The van der Waals surface area contributed by atoms with E-state index in [0.717, 1.165) is 23.8 Å². The van der Waals surface area contributed by atoms with Gasteiger partial charge in [-0.15, -0.1) is 0 Å². The standard InChI is InChI=1S/C16H31N/c1-4-6-7-9-15-13(3)14(5-2)12-17-11-8-10-16(15)17/h13-16H,4-12H2,1-3H3. The first-order valence-corrected chi connectivity index (χ1v) is 8.02. The van der Waals surface area contributed by atoms with Crippen molar-refractivity contribution in [3.05, 3.63) is 0 Å². The van der Waals surface area contributed by atoms with Crippen LogP contribution in [0.3, 0.4) is 0 Å². The molecule has 2 saturated heterocycles. The van der Waals surface area contributed by atoms with E-state index in [-0.39, 0.29) is 0 Å². The summed E-state index contributed by atoms with van der Waals surface area (Å²) in [5.41, 5.74) is 0. The molecule has 0 aromatic carbocycles. The van der Waals surface area contributed by atoms with Gasteiger partial charge in [-0.2, -0.15) is 0 Å². The first-order chi connectivity index (χ1) is 8.27. The predicted octanol–water partition coefficient (Wildman–Crippen LogP) is 4.32. The van der Waals surface area contributed by atoms with Crippen molar-refractivity contribution in [2.45, 2.75) is 71.8 Å². The average Bonchev–Trinajstić information content (AvgIpc) is 2.79. The average molecular weight is 237 g/mol. The van der Waals surface area contributed by atoms with Gasteiger partial charge in [0.2, 0.25) is 0 Å². The molecule has 0 saturated carbocycles. The highest BCUT2D eigenvalue weighted by Gasteiger charge is 2.41. The van der Waals surface area contributed by atoms with E-state index in [1.807, 2.05) is 0 Å². The second kappa shape index (κ2) is 6.22. The Kier molecular flexibility index (Phi) is 4.90. The van der Waals surface area contributed by atoms with Crippen LogP contribution in [0.5, 0.6) is 0 Å². The normalized spacial score (nSPS) is 38.3. The van der Waals surface area contributed by atoms with E-state index in [4.69, 9.17) is 0 Å². The van der Waals surface area contributed by atoms with Gasteiger partial charge in [-0.05, 0) is 43.6 Å². The Balaban J connectivity index is 1.97. The molecule has 0 radical (unpaired) electrons. The minimum absolute atomic E-state index is 0.949. The van der Waals surface area contributed by atoms with Crippen molar-refractivity contribution in [1.82, 2.24) is 4.90 Å². The largest absolute Gasteiger partial charge is 0.300 e. The molecule has 4 unspecified atom stereocenters. The van der Waals surface area contributed by atoms with Crippen LogP contribution in [0.2, 0.25) is 0 Å². The molecule has 4 atom stereocenters. The third-order valence-corrected chi connectivity index (χ3v) is 5.46. The van der Waals surface area contributed by atoms with E-state index >= 15 is 0 Å². The van der Waals surface area contributed by atoms with Gasteiger partial charge in [0.05, 0.1) is 0 Å². The summed E-state index contributed by atoms with van der Waals surface area (Å²) in [5.74, 6) is 2.94. The van der Waals surface area contributed by atoms with Crippen molar-refractivity contribution < 1.29 is 0 Å².